The van der Waals surface area contributed by atoms with Crippen LogP contribution in [-0.4, -0.2) is 18.1 Å². The SMILES string of the molecule is CCN(CC)c1ccc(Cc2c[nH]c3ccc(Br)cc23)cc1. The van der Waals surface area contributed by atoms with E-state index in [4.69, 9.17) is 0 Å². The molecule has 3 heteroatoms. The van der Waals surface area contributed by atoms with Crippen molar-refractivity contribution in [2.24, 2.45) is 0 Å². The first-order valence-electron chi connectivity index (χ1n) is 7.80. The van der Waals surface area contributed by atoms with Crippen molar-refractivity contribution < 1.29 is 0 Å². The van der Waals surface area contributed by atoms with Crippen molar-refractivity contribution in [3.05, 3.63) is 64.3 Å². The van der Waals surface area contributed by atoms with Crippen LogP contribution in [0.4, 0.5) is 5.69 Å². The topological polar surface area (TPSA) is 19.0 Å². The molecule has 0 aliphatic carbocycles. The van der Waals surface area contributed by atoms with Crippen LogP contribution in [0.5, 0.6) is 0 Å². The van der Waals surface area contributed by atoms with Crippen molar-refractivity contribution in [2.45, 2.75) is 20.3 Å². The summed E-state index contributed by atoms with van der Waals surface area (Å²) >= 11 is 3.56. The summed E-state index contributed by atoms with van der Waals surface area (Å²) in [6.45, 7) is 6.49. The predicted octanol–water partition coefficient (Wildman–Crippen LogP) is 5.37. The highest BCUT2D eigenvalue weighted by atomic mass is 79.9. The molecule has 0 bridgehead atoms. The minimum absolute atomic E-state index is 0.953. The van der Waals surface area contributed by atoms with Crippen LogP contribution < -0.4 is 4.90 Å². The zero-order valence-electron chi connectivity index (χ0n) is 13.1. The van der Waals surface area contributed by atoms with Crippen LogP contribution in [0, 0.1) is 0 Å². The normalized spacial score (nSPS) is 11.0. The lowest BCUT2D eigenvalue weighted by atomic mass is 10.0. The van der Waals surface area contributed by atoms with Crippen LogP contribution in [0.25, 0.3) is 10.9 Å². The van der Waals surface area contributed by atoms with Crippen molar-refractivity contribution >= 4 is 32.5 Å². The van der Waals surface area contributed by atoms with Gasteiger partial charge < -0.3 is 9.88 Å². The first-order chi connectivity index (χ1) is 10.7. The number of hydrogen-bond acceptors (Lipinski definition) is 1. The second kappa shape index (κ2) is 6.57. The van der Waals surface area contributed by atoms with Crippen molar-refractivity contribution in [2.75, 3.05) is 18.0 Å². The first-order valence-corrected chi connectivity index (χ1v) is 8.60. The largest absolute Gasteiger partial charge is 0.372 e. The molecule has 3 aromatic rings. The summed E-state index contributed by atoms with van der Waals surface area (Å²) in [5.41, 5.74) is 5.18. The van der Waals surface area contributed by atoms with Crippen LogP contribution in [0.3, 0.4) is 0 Å². The molecule has 22 heavy (non-hydrogen) atoms. The number of aromatic amines is 1. The predicted molar refractivity (Wildman–Crippen MR) is 98.8 cm³/mol. The number of fused-ring (bicyclic) bond motifs is 1. The third-order valence-corrected chi connectivity index (χ3v) is 4.68. The van der Waals surface area contributed by atoms with E-state index in [0.717, 1.165) is 24.0 Å². The summed E-state index contributed by atoms with van der Waals surface area (Å²) in [5, 5.41) is 1.29. The fraction of sp³-hybridized carbons (Fsp3) is 0.263. The molecule has 0 unspecified atom stereocenters. The Morgan fingerprint density at radius 2 is 1.73 bits per heavy atom. The molecule has 0 radical (unpaired) electrons. The van der Waals surface area contributed by atoms with Gasteiger partial charge in [0.05, 0.1) is 0 Å². The van der Waals surface area contributed by atoms with Gasteiger partial charge in [-0.05, 0) is 61.7 Å². The van der Waals surface area contributed by atoms with Crippen LogP contribution in [0.2, 0.25) is 0 Å². The third-order valence-electron chi connectivity index (χ3n) is 4.19. The number of benzene rings is 2. The molecule has 0 fully saturated rings. The van der Waals surface area contributed by atoms with E-state index in [0.29, 0.717) is 0 Å². The second-order valence-electron chi connectivity index (χ2n) is 5.52. The Morgan fingerprint density at radius 1 is 1.00 bits per heavy atom. The molecule has 114 valence electrons. The Kier molecular flexibility index (Phi) is 4.53. The maximum absolute atomic E-state index is 3.56. The zero-order chi connectivity index (χ0) is 15.5. The molecule has 1 heterocycles. The summed E-state index contributed by atoms with van der Waals surface area (Å²) in [4.78, 5) is 5.72. The van der Waals surface area contributed by atoms with Gasteiger partial charge in [0.25, 0.3) is 0 Å². The molecular weight excluding hydrogens is 336 g/mol. The summed E-state index contributed by atoms with van der Waals surface area (Å²) in [5.74, 6) is 0. The van der Waals surface area contributed by atoms with Gasteiger partial charge in [0.2, 0.25) is 0 Å². The van der Waals surface area contributed by atoms with Gasteiger partial charge in [0, 0.05) is 40.3 Å². The summed E-state index contributed by atoms with van der Waals surface area (Å²) in [7, 11) is 0. The average Bonchev–Trinajstić information content (AvgIpc) is 2.92. The molecule has 0 atom stereocenters. The molecule has 0 saturated carbocycles. The number of anilines is 1. The molecule has 0 aliphatic rings. The molecule has 2 aromatic carbocycles. The highest BCUT2D eigenvalue weighted by Gasteiger charge is 2.06. The van der Waals surface area contributed by atoms with Crippen molar-refractivity contribution in [1.82, 2.24) is 4.98 Å². The van der Waals surface area contributed by atoms with Gasteiger partial charge in [0.1, 0.15) is 0 Å². The molecule has 1 aromatic heterocycles. The summed E-state index contributed by atoms with van der Waals surface area (Å²) in [6, 6.07) is 15.3. The number of H-pyrrole nitrogens is 1. The molecule has 0 spiro atoms. The van der Waals surface area contributed by atoms with Crippen molar-refractivity contribution in [3.63, 3.8) is 0 Å². The maximum atomic E-state index is 3.56. The van der Waals surface area contributed by atoms with Crippen LogP contribution >= 0.6 is 15.9 Å². The lowest BCUT2D eigenvalue weighted by Crippen LogP contribution is -2.21. The van der Waals surface area contributed by atoms with Crippen molar-refractivity contribution in [3.8, 4) is 0 Å². The van der Waals surface area contributed by atoms with Gasteiger partial charge in [0.15, 0.2) is 0 Å². The van der Waals surface area contributed by atoms with Crippen molar-refractivity contribution in [1.29, 1.82) is 0 Å². The maximum Gasteiger partial charge on any atom is 0.0457 e. The average molecular weight is 357 g/mol. The molecule has 0 aliphatic heterocycles. The number of rotatable bonds is 5. The Hall–Kier alpha value is -1.74. The van der Waals surface area contributed by atoms with E-state index in [1.165, 1.54) is 27.7 Å². The van der Waals surface area contributed by atoms with E-state index in [1.807, 2.05) is 0 Å². The molecule has 1 N–H and O–H groups in total. The van der Waals surface area contributed by atoms with E-state index in [9.17, 15) is 0 Å². The molecule has 0 amide bonds. The van der Waals surface area contributed by atoms with Gasteiger partial charge in [-0.2, -0.15) is 0 Å². The Labute approximate surface area is 140 Å². The summed E-state index contributed by atoms with van der Waals surface area (Å²) < 4.78 is 1.12. The monoisotopic (exact) mass is 356 g/mol. The Balaban J connectivity index is 1.84. The Bertz CT molecular complexity index is 755. The van der Waals surface area contributed by atoms with Crippen LogP contribution in [-0.2, 0) is 6.42 Å². The highest BCUT2D eigenvalue weighted by molar-refractivity contribution is 9.10. The lowest BCUT2D eigenvalue weighted by molar-refractivity contribution is 0.866. The van der Waals surface area contributed by atoms with E-state index in [1.54, 1.807) is 0 Å². The zero-order valence-corrected chi connectivity index (χ0v) is 14.7. The third kappa shape index (κ3) is 3.05. The molecule has 3 rings (SSSR count). The molecule has 0 saturated heterocycles. The number of nitrogens with one attached hydrogen (secondary N) is 1. The number of nitrogens with zero attached hydrogens (tertiary/aromatic N) is 1. The molecule has 2 nitrogen and oxygen atoms in total. The second-order valence-corrected chi connectivity index (χ2v) is 6.44. The van der Waals surface area contributed by atoms with Gasteiger partial charge in [-0.25, -0.2) is 0 Å². The van der Waals surface area contributed by atoms with Gasteiger partial charge in [-0.1, -0.05) is 28.1 Å². The standard InChI is InChI=1S/C19H21BrN2/c1-3-22(4-2)17-8-5-14(6-9-17)11-15-13-21-19-10-7-16(20)12-18(15)19/h5-10,12-13,21H,3-4,11H2,1-2H3. The number of halogens is 1. The van der Waals surface area contributed by atoms with E-state index >= 15 is 0 Å². The quantitative estimate of drug-likeness (QED) is 0.651. The van der Waals surface area contributed by atoms with Gasteiger partial charge in [-0.3, -0.25) is 0 Å². The van der Waals surface area contributed by atoms with Gasteiger partial charge in [-0.15, -0.1) is 0 Å². The minimum atomic E-state index is 0.953. The minimum Gasteiger partial charge on any atom is -0.372 e. The molecular formula is C19H21BrN2. The number of aromatic nitrogens is 1. The fourth-order valence-electron chi connectivity index (χ4n) is 2.93. The first kappa shape index (κ1) is 15.2. The number of hydrogen-bond donors (Lipinski definition) is 1. The van der Waals surface area contributed by atoms with E-state index in [2.05, 4.69) is 88.3 Å². The highest BCUT2D eigenvalue weighted by Crippen LogP contribution is 2.25. The summed E-state index contributed by atoms with van der Waals surface area (Å²) in [6.07, 6.45) is 3.07. The van der Waals surface area contributed by atoms with E-state index in [-0.39, 0.29) is 0 Å². The Morgan fingerprint density at radius 3 is 2.41 bits per heavy atom. The van der Waals surface area contributed by atoms with Gasteiger partial charge >= 0.3 is 0 Å². The fourth-order valence-corrected chi connectivity index (χ4v) is 3.29. The smallest absolute Gasteiger partial charge is 0.0457 e. The van der Waals surface area contributed by atoms with E-state index < -0.39 is 0 Å². The van der Waals surface area contributed by atoms with Crippen LogP contribution in [0.15, 0.2) is 53.1 Å². The lowest BCUT2D eigenvalue weighted by Gasteiger charge is -2.21. The van der Waals surface area contributed by atoms with Crippen LogP contribution in [0.1, 0.15) is 25.0 Å².